The van der Waals surface area contributed by atoms with Crippen LogP contribution in [0.1, 0.15) is 15.9 Å². The first-order chi connectivity index (χ1) is 9.06. The minimum atomic E-state index is -1.20. The molecule has 0 aliphatic rings. The molecule has 2 aromatic rings. The highest BCUT2D eigenvalue weighted by Gasteiger charge is 2.09. The summed E-state index contributed by atoms with van der Waals surface area (Å²) < 4.78 is 26.6. The van der Waals surface area contributed by atoms with Gasteiger partial charge in [-0.1, -0.05) is 12.1 Å². The third-order valence-corrected chi connectivity index (χ3v) is 3.02. The Morgan fingerprint density at radius 2 is 1.79 bits per heavy atom. The van der Waals surface area contributed by atoms with Crippen molar-refractivity contribution in [3.63, 3.8) is 0 Å². The van der Waals surface area contributed by atoms with Crippen LogP contribution in [0, 0.1) is 5.82 Å². The summed E-state index contributed by atoms with van der Waals surface area (Å²) in [5, 5.41) is 0. The van der Waals surface area contributed by atoms with Gasteiger partial charge < -0.3 is 4.72 Å². The van der Waals surface area contributed by atoms with Crippen molar-refractivity contribution in [3.05, 3.63) is 65.5 Å². The molecule has 0 fully saturated rings. The highest BCUT2D eigenvalue weighted by Crippen LogP contribution is 2.15. The van der Waals surface area contributed by atoms with Crippen molar-refractivity contribution < 1.29 is 13.4 Å². The molecule has 1 atom stereocenters. The summed E-state index contributed by atoms with van der Waals surface area (Å²) in [6.45, 7) is 0. The van der Waals surface area contributed by atoms with E-state index in [0.717, 1.165) is 0 Å². The van der Waals surface area contributed by atoms with Gasteiger partial charge in [-0.25, -0.2) is 8.60 Å². The molecule has 1 N–H and O–H groups in total. The molecule has 0 saturated carbocycles. The maximum atomic E-state index is 12.8. The lowest BCUT2D eigenvalue weighted by atomic mass is 10.0. The maximum absolute atomic E-state index is 12.8. The van der Waals surface area contributed by atoms with E-state index in [1.807, 2.05) is 0 Å². The normalized spacial score (nSPS) is 11.9. The topological polar surface area (TPSA) is 46.2 Å². The third-order valence-electron chi connectivity index (χ3n) is 2.49. The van der Waals surface area contributed by atoms with E-state index in [-0.39, 0.29) is 11.6 Å². The Bertz CT molecular complexity index is 626. The van der Waals surface area contributed by atoms with Crippen LogP contribution in [0.15, 0.2) is 48.5 Å². The summed E-state index contributed by atoms with van der Waals surface area (Å²) in [7, 11) is -1.20. The molecular formula is C14H12FNO2S. The Hall–Kier alpha value is -2.01. The van der Waals surface area contributed by atoms with Crippen molar-refractivity contribution in [2.45, 2.75) is 0 Å². The number of hydrogen-bond donors (Lipinski definition) is 1. The number of benzene rings is 2. The second-order valence-corrected chi connectivity index (χ2v) is 5.09. The molecule has 0 amide bonds. The van der Waals surface area contributed by atoms with Crippen molar-refractivity contribution in [1.82, 2.24) is 0 Å². The SMILES string of the molecule is CS(=O)Nc1cccc(C(=O)c2ccc(F)cc2)c1. The van der Waals surface area contributed by atoms with Crippen molar-refractivity contribution in [2.75, 3.05) is 11.0 Å². The fourth-order valence-corrected chi connectivity index (χ4v) is 2.12. The van der Waals surface area contributed by atoms with E-state index in [4.69, 9.17) is 0 Å². The maximum Gasteiger partial charge on any atom is 0.193 e. The van der Waals surface area contributed by atoms with Gasteiger partial charge in [-0.05, 0) is 36.4 Å². The van der Waals surface area contributed by atoms with Gasteiger partial charge in [-0.2, -0.15) is 0 Å². The Balaban J connectivity index is 2.28. The van der Waals surface area contributed by atoms with Gasteiger partial charge in [0, 0.05) is 23.1 Å². The summed E-state index contributed by atoms with van der Waals surface area (Å²) in [4.78, 5) is 12.2. The second-order valence-electron chi connectivity index (χ2n) is 3.97. The van der Waals surface area contributed by atoms with Crippen LogP contribution in [0.2, 0.25) is 0 Å². The number of ketones is 1. The number of halogens is 1. The predicted molar refractivity (Wildman–Crippen MR) is 74.0 cm³/mol. The Labute approximate surface area is 113 Å². The molecule has 2 rings (SSSR count). The van der Waals surface area contributed by atoms with E-state index in [2.05, 4.69) is 4.72 Å². The van der Waals surface area contributed by atoms with Crippen LogP contribution in [0.4, 0.5) is 10.1 Å². The summed E-state index contributed by atoms with van der Waals surface area (Å²) in [6, 6.07) is 12.1. The quantitative estimate of drug-likeness (QED) is 0.873. The number of nitrogens with one attached hydrogen (secondary N) is 1. The molecule has 5 heteroatoms. The van der Waals surface area contributed by atoms with Crippen LogP contribution in [-0.2, 0) is 11.0 Å². The fourth-order valence-electron chi connectivity index (χ4n) is 1.66. The van der Waals surface area contributed by atoms with E-state index in [0.29, 0.717) is 16.8 Å². The van der Waals surface area contributed by atoms with Crippen molar-refractivity contribution in [3.8, 4) is 0 Å². The first-order valence-corrected chi connectivity index (χ1v) is 7.12. The highest BCUT2D eigenvalue weighted by molar-refractivity contribution is 7.85. The number of hydrogen-bond acceptors (Lipinski definition) is 2. The Morgan fingerprint density at radius 1 is 1.11 bits per heavy atom. The molecule has 0 heterocycles. The van der Waals surface area contributed by atoms with Crippen molar-refractivity contribution in [2.24, 2.45) is 0 Å². The lowest BCUT2D eigenvalue weighted by Crippen LogP contribution is -2.04. The van der Waals surface area contributed by atoms with Gasteiger partial charge in [-0.3, -0.25) is 4.79 Å². The molecule has 0 spiro atoms. The summed E-state index contributed by atoms with van der Waals surface area (Å²) in [6.07, 6.45) is 1.51. The molecule has 1 unspecified atom stereocenters. The van der Waals surface area contributed by atoms with E-state index in [9.17, 15) is 13.4 Å². The zero-order valence-corrected chi connectivity index (χ0v) is 11.0. The minimum Gasteiger partial charge on any atom is -0.305 e. The van der Waals surface area contributed by atoms with Gasteiger partial charge in [0.2, 0.25) is 0 Å². The van der Waals surface area contributed by atoms with Crippen molar-refractivity contribution in [1.29, 1.82) is 0 Å². The first-order valence-electron chi connectivity index (χ1n) is 5.56. The smallest absolute Gasteiger partial charge is 0.193 e. The minimum absolute atomic E-state index is 0.203. The highest BCUT2D eigenvalue weighted by atomic mass is 32.2. The van der Waals surface area contributed by atoms with Crippen molar-refractivity contribution >= 4 is 22.5 Å². The van der Waals surface area contributed by atoms with Gasteiger partial charge in [-0.15, -0.1) is 0 Å². The van der Waals surface area contributed by atoms with Crippen LogP contribution in [0.3, 0.4) is 0 Å². The largest absolute Gasteiger partial charge is 0.305 e. The third kappa shape index (κ3) is 3.48. The Kier molecular flexibility index (Phi) is 4.06. The van der Waals surface area contributed by atoms with E-state index in [1.54, 1.807) is 24.3 Å². The predicted octanol–water partition coefficient (Wildman–Crippen LogP) is 2.76. The lowest BCUT2D eigenvalue weighted by molar-refractivity contribution is 0.103. The molecule has 2 aromatic carbocycles. The number of carbonyl (C=O) groups excluding carboxylic acids is 1. The average molecular weight is 277 g/mol. The zero-order chi connectivity index (χ0) is 13.8. The van der Waals surface area contributed by atoms with E-state index >= 15 is 0 Å². The monoisotopic (exact) mass is 277 g/mol. The van der Waals surface area contributed by atoms with Crippen LogP contribution < -0.4 is 4.72 Å². The summed E-state index contributed by atoms with van der Waals surface area (Å²) in [5.41, 5.74) is 1.48. The number of carbonyl (C=O) groups is 1. The summed E-state index contributed by atoms with van der Waals surface area (Å²) in [5.74, 6) is -0.584. The second kappa shape index (κ2) is 5.75. The van der Waals surface area contributed by atoms with E-state index in [1.165, 1.54) is 30.5 Å². The molecule has 3 nitrogen and oxygen atoms in total. The van der Waals surface area contributed by atoms with Gasteiger partial charge in [0.1, 0.15) is 16.8 Å². The van der Waals surface area contributed by atoms with Gasteiger partial charge in [0.15, 0.2) is 5.78 Å². The number of anilines is 1. The molecular weight excluding hydrogens is 265 g/mol. The van der Waals surface area contributed by atoms with Crippen LogP contribution >= 0.6 is 0 Å². The molecule has 98 valence electrons. The molecule has 0 saturated heterocycles. The van der Waals surface area contributed by atoms with Crippen LogP contribution in [-0.4, -0.2) is 16.2 Å². The van der Waals surface area contributed by atoms with Crippen LogP contribution in [0.25, 0.3) is 0 Å². The standard InChI is InChI=1S/C14H12FNO2S/c1-19(18)16-13-4-2-3-11(9-13)14(17)10-5-7-12(15)8-6-10/h2-9,16H,1H3. The Morgan fingerprint density at radius 3 is 2.42 bits per heavy atom. The molecule has 0 aromatic heterocycles. The van der Waals surface area contributed by atoms with E-state index < -0.39 is 11.0 Å². The van der Waals surface area contributed by atoms with Crippen LogP contribution in [0.5, 0.6) is 0 Å². The molecule has 0 radical (unpaired) electrons. The average Bonchev–Trinajstić information content (AvgIpc) is 2.38. The zero-order valence-electron chi connectivity index (χ0n) is 10.2. The lowest BCUT2D eigenvalue weighted by Gasteiger charge is -2.05. The van der Waals surface area contributed by atoms with Gasteiger partial charge >= 0.3 is 0 Å². The molecule has 0 aliphatic heterocycles. The fraction of sp³-hybridized carbons (Fsp3) is 0.0714. The number of rotatable bonds is 4. The van der Waals surface area contributed by atoms with Gasteiger partial charge in [0.05, 0.1) is 0 Å². The molecule has 19 heavy (non-hydrogen) atoms. The molecule has 0 bridgehead atoms. The summed E-state index contributed by atoms with van der Waals surface area (Å²) >= 11 is 0. The molecule has 0 aliphatic carbocycles. The first kappa shape index (κ1) is 13.4. The van der Waals surface area contributed by atoms with Gasteiger partial charge in [0.25, 0.3) is 0 Å².